The minimum Gasteiger partial charge on any atom is -0.298 e. The number of rotatable bonds is 3. The smallest absolute Gasteiger partial charge is 0.261 e. The second-order valence-electron chi connectivity index (χ2n) is 6.95. The standard InChI is InChI=1S/C21H18N4O2S/c1-2-12-5-8-15-17(10-12)28-21(23-15)24-19(26)13-6-7-14-16(11-13)22-18-4-3-9-25(18)20(14)27/h5-8,10-11H,2-4,9H2,1H3,(H,23,24,26). The molecular formula is C21H18N4O2S. The molecule has 1 N–H and O–H groups in total. The fraction of sp³-hybridized carbons (Fsp3) is 0.238. The van der Waals surface area contributed by atoms with Gasteiger partial charge in [0.1, 0.15) is 5.82 Å². The summed E-state index contributed by atoms with van der Waals surface area (Å²) >= 11 is 1.46. The van der Waals surface area contributed by atoms with E-state index in [1.807, 2.05) is 6.07 Å². The molecule has 0 saturated carbocycles. The number of amides is 1. The van der Waals surface area contributed by atoms with Crippen LogP contribution in [0.4, 0.5) is 5.13 Å². The number of aryl methyl sites for hydroxylation is 2. The SMILES string of the molecule is CCc1ccc2nc(NC(=O)c3ccc4c(=O)n5c(nc4c3)CCC5)sc2c1. The normalized spacial score (nSPS) is 13.2. The molecule has 0 spiro atoms. The first-order valence-electron chi connectivity index (χ1n) is 9.36. The maximum Gasteiger partial charge on any atom is 0.261 e. The Hall–Kier alpha value is -3.06. The van der Waals surface area contributed by atoms with E-state index in [0.717, 1.165) is 41.8 Å². The Bertz CT molecular complexity index is 1310. The van der Waals surface area contributed by atoms with Crippen LogP contribution in [0.15, 0.2) is 41.2 Å². The van der Waals surface area contributed by atoms with Gasteiger partial charge >= 0.3 is 0 Å². The van der Waals surface area contributed by atoms with E-state index >= 15 is 0 Å². The van der Waals surface area contributed by atoms with Gasteiger partial charge in [0.05, 0.1) is 21.1 Å². The lowest BCUT2D eigenvalue weighted by molar-refractivity contribution is 0.102. The first-order valence-corrected chi connectivity index (χ1v) is 10.2. The summed E-state index contributed by atoms with van der Waals surface area (Å²) in [5, 5.41) is 3.99. The van der Waals surface area contributed by atoms with Gasteiger partial charge in [-0.05, 0) is 48.7 Å². The molecule has 2 aromatic carbocycles. The van der Waals surface area contributed by atoms with Gasteiger partial charge in [0, 0.05) is 18.5 Å². The van der Waals surface area contributed by atoms with E-state index in [1.165, 1.54) is 16.9 Å². The Morgan fingerprint density at radius 2 is 2.07 bits per heavy atom. The van der Waals surface area contributed by atoms with Crippen LogP contribution in [0, 0.1) is 0 Å². The minimum atomic E-state index is -0.251. The van der Waals surface area contributed by atoms with Gasteiger partial charge < -0.3 is 0 Å². The van der Waals surface area contributed by atoms with Gasteiger partial charge in [-0.1, -0.05) is 24.3 Å². The molecule has 1 amide bonds. The molecule has 0 bridgehead atoms. The van der Waals surface area contributed by atoms with Gasteiger partial charge in [0.25, 0.3) is 11.5 Å². The van der Waals surface area contributed by atoms with Crippen molar-refractivity contribution in [2.45, 2.75) is 32.7 Å². The summed E-state index contributed by atoms with van der Waals surface area (Å²) in [6.45, 7) is 2.83. The Kier molecular flexibility index (Phi) is 3.98. The van der Waals surface area contributed by atoms with E-state index in [4.69, 9.17) is 0 Å². The minimum absolute atomic E-state index is 0.0256. The summed E-state index contributed by atoms with van der Waals surface area (Å²) < 4.78 is 2.78. The number of carbonyl (C=O) groups excluding carboxylic acids is 1. The second kappa shape index (κ2) is 6.53. The molecule has 5 rings (SSSR count). The van der Waals surface area contributed by atoms with Crippen LogP contribution >= 0.6 is 11.3 Å². The van der Waals surface area contributed by atoms with E-state index in [9.17, 15) is 9.59 Å². The maximum absolute atomic E-state index is 12.7. The van der Waals surface area contributed by atoms with E-state index in [0.29, 0.717) is 21.6 Å². The number of aromatic nitrogens is 3. The summed E-state index contributed by atoms with van der Waals surface area (Å²) in [5.41, 5.74) is 3.13. The fourth-order valence-electron chi connectivity index (χ4n) is 3.64. The van der Waals surface area contributed by atoms with E-state index in [-0.39, 0.29) is 11.5 Å². The van der Waals surface area contributed by atoms with Crippen molar-refractivity contribution in [3.63, 3.8) is 0 Å². The molecule has 4 aromatic rings. The van der Waals surface area contributed by atoms with Gasteiger partial charge in [0.15, 0.2) is 5.13 Å². The van der Waals surface area contributed by atoms with Crippen LogP contribution in [0.5, 0.6) is 0 Å². The lowest BCUT2D eigenvalue weighted by Gasteiger charge is -2.06. The highest BCUT2D eigenvalue weighted by Crippen LogP contribution is 2.27. The lowest BCUT2D eigenvalue weighted by atomic mass is 10.1. The van der Waals surface area contributed by atoms with E-state index in [1.54, 1.807) is 22.8 Å². The van der Waals surface area contributed by atoms with Crippen LogP contribution in [0.1, 0.15) is 35.1 Å². The number of benzene rings is 2. The zero-order valence-corrected chi connectivity index (χ0v) is 16.2. The number of thiazole rings is 1. The van der Waals surface area contributed by atoms with Crippen LogP contribution < -0.4 is 10.9 Å². The fourth-order valence-corrected chi connectivity index (χ4v) is 4.56. The summed E-state index contributed by atoms with van der Waals surface area (Å²) in [5.74, 6) is 0.548. The van der Waals surface area contributed by atoms with Crippen LogP contribution in [0.25, 0.3) is 21.1 Å². The molecule has 0 unspecified atom stereocenters. The van der Waals surface area contributed by atoms with Crippen molar-refractivity contribution in [3.05, 3.63) is 63.7 Å². The molecule has 28 heavy (non-hydrogen) atoms. The van der Waals surface area contributed by atoms with Crippen LogP contribution in [-0.2, 0) is 19.4 Å². The van der Waals surface area contributed by atoms with Crippen LogP contribution in [0.3, 0.4) is 0 Å². The largest absolute Gasteiger partial charge is 0.298 e. The number of nitrogens with zero attached hydrogens (tertiary/aromatic N) is 3. The van der Waals surface area contributed by atoms with Gasteiger partial charge in [-0.25, -0.2) is 9.97 Å². The third-order valence-corrected chi connectivity index (χ3v) is 6.09. The molecule has 0 radical (unpaired) electrons. The molecule has 0 fully saturated rings. The molecule has 1 aliphatic rings. The summed E-state index contributed by atoms with van der Waals surface area (Å²) in [4.78, 5) is 34.4. The van der Waals surface area contributed by atoms with E-state index < -0.39 is 0 Å². The zero-order valence-electron chi connectivity index (χ0n) is 15.4. The molecule has 7 heteroatoms. The molecule has 3 heterocycles. The zero-order chi connectivity index (χ0) is 19.3. The number of hydrogen-bond donors (Lipinski definition) is 1. The number of hydrogen-bond acceptors (Lipinski definition) is 5. The number of fused-ring (bicyclic) bond motifs is 3. The summed E-state index contributed by atoms with van der Waals surface area (Å²) in [6, 6.07) is 11.2. The molecular weight excluding hydrogens is 372 g/mol. The highest BCUT2D eigenvalue weighted by Gasteiger charge is 2.17. The maximum atomic E-state index is 12.7. The quantitative estimate of drug-likeness (QED) is 0.578. The van der Waals surface area contributed by atoms with Crippen molar-refractivity contribution in [2.75, 3.05) is 5.32 Å². The highest BCUT2D eigenvalue weighted by atomic mass is 32.1. The Morgan fingerprint density at radius 3 is 2.93 bits per heavy atom. The van der Waals surface area contributed by atoms with E-state index in [2.05, 4.69) is 34.3 Å². The van der Waals surface area contributed by atoms with Crippen molar-refractivity contribution in [1.82, 2.24) is 14.5 Å². The highest BCUT2D eigenvalue weighted by molar-refractivity contribution is 7.22. The third kappa shape index (κ3) is 2.79. The van der Waals surface area contributed by atoms with Crippen molar-refractivity contribution in [3.8, 4) is 0 Å². The lowest BCUT2D eigenvalue weighted by Crippen LogP contribution is -2.21. The molecule has 0 atom stereocenters. The molecule has 2 aromatic heterocycles. The third-order valence-electron chi connectivity index (χ3n) is 5.16. The number of nitrogens with one attached hydrogen (secondary N) is 1. The summed E-state index contributed by atoms with van der Waals surface area (Å²) in [7, 11) is 0. The van der Waals surface area contributed by atoms with Crippen molar-refractivity contribution >= 4 is 43.5 Å². The molecule has 140 valence electrons. The number of anilines is 1. The average Bonchev–Trinajstić information content (AvgIpc) is 3.33. The average molecular weight is 390 g/mol. The predicted octanol–water partition coefficient (Wildman–Crippen LogP) is 3.77. The molecule has 1 aliphatic heterocycles. The molecule has 0 aliphatic carbocycles. The Labute approximate surface area is 164 Å². The first-order chi connectivity index (χ1) is 13.6. The van der Waals surface area contributed by atoms with Crippen molar-refractivity contribution in [1.29, 1.82) is 0 Å². The van der Waals surface area contributed by atoms with Gasteiger partial charge in [-0.2, -0.15) is 0 Å². The van der Waals surface area contributed by atoms with Crippen LogP contribution in [-0.4, -0.2) is 20.4 Å². The van der Waals surface area contributed by atoms with Gasteiger partial charge in [-0.15, -0.1) is 0 Å². The Balaban J connectivity index is 1.47. The topological polar surface area (TPSA) is 76.9 Å². The second-order valence-corrected chi connectivity index (χ2v) is 7.98. The first kappa shape index (κ1) is 17.1. The molecule has 6 nitrogen and oxygen atoms in total. The predicted molar refractivity (Wildman–Crippen MR) is 111 cm³/mol. The van der Waals surface area contributed by atoms with Gasteiger partial charge in [-0.3, -0.25) is 19.5 Å². The Morgan fingerprint density at radius 1 is 1.18 bits per heavy atom. The number of carbonyl (C=O) groups is 1. The van der Waals surface area contributed by atoms with Crippen molar-refractivity contribution < 1.29 is 4.79 Å². The monoisotopic (exact) mass is 390 g/mol. The van der Waals surface area contributed by atoms with Crippen LogP contribution in [0.2, 0.25) is 0 Å². The van der Waals surface area contributed by atoms with Crippen molar-refractivity contribution in [2.24, 2.45) is 0 Å². The summed E-state index contributed by atoms with van der Waals surface area (Å²) in [6.07, 6.45) is 2.69. The molecule has 0 saturated heterocycles. The van der Waals surface area contributed by atoms with Gasteiger partial charge in [0.2, 0.25) is 0 Å².